The Labute approximate surface area is 158 Å². The fourth-order valence-electron chi connectivity index (χ4n) is 3.62. The predicted molar refractivity (Wildman–Crippen MR) is 106 cm³/mol. The summed E-state index contributed by atoms with van der Waals surface area (Å²) in [6, 6.07) is 0.547. The van der Waals surface area contributed by atoms with Crippen molar-refractivity contribution in [3.63, 3.8) is 0 Å². The van der Waals surface area contributed by atoms with Crippen LogP contribution in [0.3, 0.4) is 0 Å². The first-order valence-corrected chi connectivity index (χ1v) is 8.85. The van der Waals surface area contributed by atoms with E-state index in [-0.39, 0.29) is 36.4 Å². The number of nitrogens with zero attached hydrogens (tertiary/aromatic N) is 2. The summed E-state index contributed by atoms with van der Waals surface area (Å²) in [6.45, 7) is 3.35. The fraction of sp³-hybridized carbons (Fsp3) is 0.882. The SMILES string of the molecule is CCCCCNC(=NCC(=O)N(C)C)NC1CC2CCC1C2.I. The Kier molecular flexibility index (Phi) is 9.24. The van der Waals surface area contributed by atoms with Crippen LogP contribution in [0.5, 0.6) is 0 Å². The molecule has 2 rings (SSSR count). The summed E-state index contributed by atoms with van der Waals surface area (Å²) in [6.07, 6.45) is 8.98. The zero-order valence-electron chi connectivity index (χ0n) is 14.8. The largest absolute Gasteiger partial charge is 0.356 e. The fourth-order valence-corrected chi connectivity index (χ4v) is 3.62. The third-order valence-electron chi connectivity index (χ3n) is 5.00. The molecule has 0 aromatic carbocycles. The minimum absolute atomic E-state index is 0. The Balaban J connectivity index is 0.00000264. The highest BCUT2D eigenvalue weighted by molar-refractivity contribution is 14.0. The van der Waals surface area contributed by atoms with Gasteiger partial charge in [-0.05, 0) is 37.5 Å². The van der Waals surface area contributed by atoms with Gasteiger partial charge in [-0.2, -0.15) is 0 Å². The molecule has 6 heteroatoms. The van der Waals surface area contributed by atoms with E-state index < -0.39 is 0 Å². The lowest BCUT2D eigenvalue weighted by Gasteiger charge is -2.25. The zero-order valence-corrected chi connectivity index (χ0v) is 17.1. The van der Waals surface area contributed by atoms with Crippen LogP contribution in [-0.4, -0.2) is 50.0 Å². The highest BCUT2D eigenvalue weighted by Crippen LogP contribution is 2.44. The van der Waals surface area contributed by atoms with Gasteiger partial charge in [0.25, 0.3) is 0 Å². The molecule has 0 aliphatic heterocycles. The second-order valence-corrected chi connectivity index (χ2v) is 7.01. The summed E-state index contributed by atoms with van der Waals surface area (Å²) in [5.41, 5.74) is 0. The zero-order chi connectivity index (χ0) is 15.9. The van der Waals surface area contributed by atoms with Crippen molar-refractivity contribution in [2.45, 2.75) is 57.9 Å². The monoisotopic (exact) mass is 436 g/mol. The number of hydrogen-bond donors (Lipinski definition) is 2. The van der Waals surface area contributed by atoms with Gasteiger partial charge >= 0.3 is 0 Å². The van der Waals surface area contributed by atoms with Crippen molar-refractivity contribution in [2.24, 2.45) is 16.8 Å². The number of carbonyl (C=O) groups is 1. The van der Waals surface area contributed by atoms with E-state index in [4.69, 9.17) is 0 Å². The Bertz CT molecular complexity index is 400. The number of likely N-dealkylation sites (N-methyl/N-ethyl adjacent to an activating group) is 1. The summed E-state index contributed by atoms with van der Waals surface area (Å²) >= 11 is 0. The first kappa shape index (κ1) is 20.5. The number of aliphatic imine (C=N–C) groups is 1. The van der Waals surface area contributed by atoms with Gasteiger partial charge in [0.1, 0.15) is 6.54 Å². The molecule has 0 aromatic rings. The predicted octanol–water partition coefficient (Wildman–Crippen LogP) is 2.61. The quantitative estimate of drug-likeness (QED) is 0.279. The standard InChI is InChI=1S/C17H32N4O.HI/c1-4-5-6-9-18-17(19-12-16(22)21(2)3)20-15-11-13-7-8-14(15)10-13;/h13-15H,4-12H2,1-3H3,(H2,18,19,20);1H. The lowest BCUT2D eigenvalue weighted by molar-refractivity contribution is -0.127. The summed E-state index contributed by atoms with van der Waals surface area (Å²) in [5, 5.41) is 6.99. The molecule has 0 radical (unpaired) electrons. The van der Waals surface area contributed by atoms with Crippen LogP contribution in [0.1, 0.15) is 51.9 Å². The molecule has 3 atom stereocenters. The number of unbranched alkanes of at least 4 members (excludes halogenated alkanes) is 2. The molecule has 2 aliphatic rings. The summed E-state index contributed by atoms with van der Waals surface area (Å²) in [4.78, 5) is 17.8. The third-order valence-corrected chi connectivity index (χ3v) is 5.00. The molecule has 23 heavy (non-hydrogen) atoms. The van der Waals surface area contributed by atoms with E-state index >= 15 is 0 Å². The number of rotatable bonds is 7. The Morgan fingerprint density at radius 1 is 1.22 bits per heavy atom. The molecule has 2 aliphatic carbocycles. The molecule has 2 saturated carbocycles. The number of guanidine groups is 1. The number of amides is 1. The van der Waals surface area contributed by atoms with Crippen molar-refractivity contribution in [1.29, 1.82) is 0 Å². The smallest absolute Gasteiger partial charge is 0.243 e. The average Bonchev–Trinajstić information content (AvgIpc) is 3.10. The van der Waals surface area contributed by atoms with Crippen LogP contribution in [0, 0.1) is 11.8 Å². The number of fused-ring (bicyclic) bond motifs is 2. The number of hydrogen-bond acceptors (Lipinski definition) is 2. The third kappa shape index (κ3) is 6.47. The van der Waals surface area contributed by atoms with E-state index in [1.54, 1.807) is 19.0 Å². The molecular formula is C17H33IN4O. The highest BCUT2D eigenvalue weighted by atomic mass is 127. The number of carbonyl (C=O) groups excluding carboxylic acids is 1. The van der Waals surface area contributed by atoms with E-state index in [1.165, 1.54) is 38.5 Å². The molecule has 3 unspecified atom stereocenters. The Morgan fingerprint density at radius 2 is 2.00 bits per heavy atom. The highest BCUT2D eigenvalue weighted by Gasteiger charge is 2.39. The van der Waals surface area contributed by atoms with Crippen LogP contribution >= 0.6 is 24.0 Å². The summed E-state index contributed by atoms with van der Waals surface area (Å²) < 4.78 is 0. The lowest BCUT2D eigenvalue weighted by Crippen LogP contribution is -2.46. The first-order chi connectivity index (χ1) is 10.6. The van der Waals surface area contributed by atoms with Gasteiger partial charge in [0.2, 0.25) is 5.91 Å². The van der Waals surface area contributed by atoms with Gasteiger partial charge in [0, 0.05) is 26.7 Å². The van der Waals surface area contributed by atoms with Crippen molar-refractivity contribution < 1.29 is 4.79 Å². The average molecular weight is 436 g/mol. The van der Waals surface area contributed by atoms with Gasteiger partial charge in [-0.15, -0.1) is 24.0 Å². The molecule has 5 nitrogen and oxygen atoms in total. The Morgan fingerprint density at radius 3 is 2.57 bits per heavy atom. The van der Waals surface area contributed by atoms with Crippen molar-refractivity contribution in [3.8, 4) is 0 Å². The molecule has 1 amide bonds. The first-order valence-electron chi connectivity index (χ1n) is 8.85. The van der Waals surface area contributed by atoms with Gasteiger partial charge in [0.05, 0.1) is 0 Å². The summed E-state index contributed by atoms with van der Waals surface area (Å²) in [5.74, 6) is 2.58. The summed E-state index contributed by atoms with van der Waals surface area (Å²) in [7, 11) is 3.55. The second-order valence-electron chi connectivity index (χ2n) is 7.01. The molecule has 2 bridgehead atoms. The van der Waals surface area contributed by atoms with E-state index in [1.807, 2.05) is 0 Å². The number of nitrogens with one attached hydrogen (secondary N) is 2. The lowest BCUT2D eigenvalue weighted by atomic mass is 9.95. The topological polar surface area (TPSA) is 56.7 Å². The maximum atomic E-state index is 11.8. The van der Waals surface area contributed by atoms with E-state index in [0.717, 1.165) is 30.8 Å². The van der Waals surface area contributed by atoms with Gasteiger partial charge in [0.15, 0.2) is 5.96 Å². The molecule has 2 N–H and O–H groups in total. The van der Waals surface area contributed by atoms with Crippen LogP contribution in [-0.2, 0) is 4.79 Å². The van der Waals surface area contributed by atoms with E-state index in [2.05, 4.69) is 22.5 Å². The minimum atomic E-state index is 0. The maximum absolute atomic E-state index is 11.8. The van der Waals surface area contributed by atoms with Crippen LogP contribution in [0.25, 0.3) is 0 Å². The normalized spacial score (nSPS) is 25.9. The van der Waals surface area contributed by atoms with Crippen molar-refractivity contribution in [1.82, 2.24) is 15.5 Å². The van der Waals surface area contributed by atoms with Gasteiger partial charge in [-0.1, -0.05) is 26.2 Å². The van der Waals surface area contributed by atoms with E-state index in [0.29, 0.717) is 6.04 Å². The molecule has 0 aromatic heterocycles. The van der Waals surface area contributed by atoms with Crippen molar-refractivity contribution in [2.75, 3.05) is 27.2 Å². The van der Waals surface area contributed by atoms with Crippen molar-refractivity contribution >= 4 is 35.8 Å². The van der Waals surface area contributed by atoms with Gasteiger partial charge in [-0.25, -0.2) is 4.99 Å². The second kappa shape index (κ2) is 10.4. The minimum Gasteiger partial charge on any atom is -0.356 e. The Hall–Kier alpha value is -0.530. The molecule has 2 fully saturated rings. The van der Waals surface area contributed by atoms with Crippen LogP contribution in [0.2, 0.25) is 0 Å². The van der Waals surface area contributed by atoms with Crippen LogP contribution in [0.15, 0.2) is 4.99 Å². The number of halogens is 1. The molecule has 0 spiro atoms. The molecule has 0 heterocycles. The molecule has 134 valence electrons. The maximum Gasteiger partial charge on any atom is 0.243 e. The molecular weight excluding hydrogens is 403 g/mol. The van der Waals surface area contributed by atoms with E-state index in [9.17, 15) is 4.79 Å². The van der Waals surface area contributed by atoms with Crippen LogP contribution in [0.4, 0.5) is 0 Å². The van der Waals surface area contributed by atoms with Gasteiger partial charge < -0.3 is 15.5 Å². The van der Waals surface area contributed by atoms with Crippen LogP contribution < -0.4 is 10.6 Å². The van der Waals surface area contributed by atoms with Gasteiger partial charge in [-0.3, -0.25) is 4.79 Å². The molecule has 0 saturated heterocycles. The van der Waals surface area contributed by atoms with Crippen molar-refractivity contribution in [3.05, 3.63) is 0 Å².